The maximum Gasteiger partial charge on any atom is 0.0809 e. The minimum Gasteiger partial charge on any atom is -0.389 e. The SMILES string of the molecule is C=CC/C(=C/[C@@H](C)O)[S@@](=O)c1ccc(C)cc1. The molecule has 0 spiro atoms. The fourth-order valence-corrected chi connectivity index (χ4v) is 2.71. The first-order valence-corrected chi connectivity index (χ1v) is 6.67. The predicted octanol–water partition coefficient (Wildman–Crippen LogP) is 2.94. The maximum absolute atomic E-state index is 12.3. The van der Waals surface area contributed by atoms with Gasteiger partial charge in [0.2, 0.25) is 0 Å². The van der Waals surface area contributed by atoms with Gasteiger partial charge >= 0.3 is 0 Å². The molecule has 1 rings (SSSR count). The van der Waals surface area contributed by atoms with Crippen molar-refractivity contribution >= 4 is 10.8 Å². The van der Waals surface area contributed by atoms with E-state index in [2.05, 4.69) is 6.58 Å². The molecule has 0 heterocycles. The van der Waals surface area contributed by atoms with E-state index in [1.807, 2.05) is 31.2 Å². The number of aliphatic hydroxyl groups excluding tert-OH is 1. The third-order valence-electron chi connectivity index (χ3n) is 2.25. The van der Waals surface area contributed by atoms with Crippen molar-refractivity contribution in [2.24, 2.45) is 0 Å². The summed E-state index contributed by atoms with van der Waals surface area (Å²) in [6, 6.07) is 7.57. The lowest BCUT2D eigenvalue weighted by Crippen LogP contribution is -2.01. The summed E-state index contributed by atoms with van der Waals surface area (Å²) in [5, 5.41) is 9.34. The van der Waals surface area contributed by atoms with Gasteiger partial charge in [-0.05, 0) is 38.5 Å². The molecule has 0 amide bonds. The number of benzene rings is 1. The number of allylic oxidation sites excluding steroid dienone is 2. The average molecular weight is 250 g/mol. The van der Waals surface area contributed by atoms with Crippen LogP contribution < -0.4 is 0 Å². The van der Waals surface area contributed by atoms with Gasteiger partial charge in [-0.2, -0.15) is 0 Å². The van der Waals surface area contributed by atoms with Crippen molar-refractivity contribution in [2.45, 2.75) is 31.3 Å². The van der Waals surface area contributed by atoms with Crippen molar-refractivity contribution in [1.82, 2.24) is 0 Å². The molecule has 1 N–H and O–H groups in total. The number of hydrogen-bond donors (Lipinski definition) is 1. The van der Waals surface area contributed by atoms with E-state index in [9.17, 15) is 9.32 Å². The van der Waals surface area contributed by atoms with Gasteiger partial charge in [-0.1, -0.05) is 23.8 Å². The molecule has 0 aliphatic carbocycles. The van der Waals surface area contributed by atoms with Gasteiger partial charge in [-0.3, -0.25) is 0 Å². The van der Waals surface area contributed by atoms with E-state index in [4.69, 9.17) is 0 Å². The normalized spacial score (nSPS) is 15.4. The lowest BCUT2D eigenvalue weighted by molar-refractivity contribution is 0.243. The van der Waals surface area contributed by atoms with E-state index in [1.165, 1.54) is 0 Å². The van der Waals surface area contributed by atoms with Crippen LogP contribution in [0.15, 0.2) is 52.8 Å². The highest BCUT2D eigenvalue weighted by atomic mass is 32.2. The zero-order valence-electron chi connectivity index (χ0n) is 10.2. The molecular weight excluding hydrogens is 232 g/mol. The highest BCUT2D eigenvalue weighted by molar-refractivity contribution is 7.89. The molecule has 0 aliphatic rings. The molecule has 0 aromatic heterocycles. The van der Waals surface area contributed by atoms with Crippen LogP contribution in [-0.2, 0) is 10.8 Å². The largest absolute Gasteiger partial charge is 0.389 e. The van der Waals surface area contributed by atoms with Crippen LogP contribution in [0, 0.1) is 6.92 Å². The predicted molar refractivity (Wildman–Crippen MR) is 72.2 cm³/mol. The maximum atomic E-state index is 12.3. The molecule has 0 saturated heterocycles. The Kier molecular flexibility index (Phi) is 5.32. The first kappa shape index (κ1) is 13.9. The minimum absolute atomic E-state index is 0.519. The van der Waals surface area contributed by atoms with Crippen molar-refractivity contribution in [3.63, 3.8) is 0 Å². The van der Waals surface area contributed by atoms with Crippen molar-refractivity contribution in [2.75, 3.05) is 0 Å². The highest BCUT2D eigenvalue weighted by Crippen LogP contribution is 2.18. The second kappa shape index (κ2) is 6.52. The van der Waals surface area contributed by atoms with Gasteiger partial charge in [0.1, 0.15) is 0 Å². The summed E-state index contributed by atoms with van der Waals surface area (Å²) in [4.78, 5) is 1.45. The molecule has 0 fully saturated rings. The topological polar surface area (TPSA) is 37.3 Å². The number of rotatable bonds is 5. The zero-order valence-corrected chi connectivity index (χ0v) is 11.0. The summed E-state index contributed by atoms with van der Waals surface area (Å²) in [5.41, 5.74) is 1.13. The summed E-state index contributed by atoms with van der Waals surface area (Å²) in [7, 11) is -1.22. The molecule has 1 aromatic carbocycles. The first-order chi connectivity index (χ1) is 8.04. The third-order valence-corrected chi connectivity index (χ3v) is 3.73. The Hall–Kier alpha value is -1.19. The number of aryl methyl sites for hydroxylation is 1. The van der Waals surface area contributed by atoms with Gasteiger partial charge in [0.25, 0.3) is 0 Å². The zero-order chi connectivity index (χ0) is 12.8. The van der Waals surface area contributed by atoms with Crippen LogP contribution in [0.1, 0.15) is 18.9 Å². The Morgan fingerprint density at radius 3 is 2.53 bits per heavy atom. The minimum atomic E-state index is -1.22. The lowest BCUT2D eigenvalue weighted by Gasteiger charge is -2.07. The summed E-state index contributed by atoms with van der Waals surface area (Å²) in [5.74, 6) is 0. The molecule has 2 atom stereocenters. The molecule has 1 aromatic rings. The van der Waals surface area contributed by atoms with E-state index < -0.39 is 16.9 Å². The molecule has 3 heteroatoms. The van der Waals surface area contributed by atoms with Gasteiger partial charge in [0.05, 0.1) is 16.9 Å². The summed E-state index contributed by atoms with van der Waals surface area (Å²) >= 11 is 0. The molecule has 0 bridgehead atoms. The Labute approximate surface area is 105 Å². The summed E-state index contributed by atoms with van der Waals surface area (Å²) in [6.45, 7) is 7.28. The lowest BCUT2D eigenvalue weighted by atomic mass is 10.2. The third kappa shape index (κ3) is 4.29. The molecule has 0 aliphatic heterocycles. The van der Waals surface area contributed by atoms with Gasteiger partial charge in [-0.15, -0.1) is 6.58 Å². The van der Waals surface area contributed by atoms with E-state index in [0.717, 1.165) is 10.5 Å². The monoisotopic (exact) mass is 250 g/mol. The van der Waals surface area contributed by atoms with Crippen LogP contribution in [0.4, 0.5) is 0 Å². The summed E-state index contributed by atoms with van der Waals surface area (Å²) in [6.07, 6.45) is 3.24. The van der Waals surface area contributed by atoms with Crippen molar-refractivity contribution < 1.29 is 9.32 Å². The van der Waals surface area contributed by atoms with E-state index in [1.54, 1.807) is 19.1 Å². The molecule has 0 unspecified atom stereocenters. The standard InChI is InChI=1S/C14H18O2S/c1-4-5-14(10-12(3)15)17(16)13-8-6-11(2)7-9-13/h4,6-10,12,15H,1,5H2,2-3H3/b14-10-/t12-,17+/m1/s1. The highest BCUT2D eigenvalue weighted by Gasteiger charge is 2.09. The Morgan fingerprint density at radius 1 is 1.47 bits per heavy atom. The first-order valence-electron chi connectivity index (χ1n) is 5.52. The van der Waals surface area contributed by atoms with Gasteiger partial charge < -0.3 is 5.11 Å². The Balaban J connectivity index is 2.99. The van der Waals surface area contributed by atoms with Crippen LogP contribution in [0.25, 0.3) is 0 Å². The fourth-order valence-electron chi connectivity index (χ4n) is 1.43. The second-order valence-electron chi connectivity index (χ2n) is 3.95. The van der Waals surface area contributed by atoms with E-state index in [0.29, 0.717) is 11.3 Å². The summed E-state index contributed by atoms with van der Waals surface area (Å²) < 4.78 is 12.3. The number of aliphatic hydroxyl groups is 1. The van der Waals surface area contributed by atoms with Crippen LogP contribution in [0.5, 0.6) is 0 Å². The average Bonchev–Trinajstić information content (AvgIpc) is 2.28. The molecule has 17 heavy (non-hydrogen) atoms. The second-order valence-corrected chi connectivity index (χ2v) is 5.48. The van der Waals surface area contributed by atoms with Crippen LogP contribution in [0.2, 0.25) is 0 Å². The molecule has 2 nitrogen and oxygen atoms in total. The molecule has 92 valence electrons. The molecule has 0 radical (unpaired) electrons. The molecular formula is C14H18O2S. The van der Waals surface area contributed by atoms with Crippen molar-refractivity contribution in [3.05, 3.63) is 53.5 Å². The Bertz CT molecular complexity index is 430. The van der Waals surface area contributed by atoms with Crippen molar-refractivity contribution in [1.29, 1.82) is 0 Å². The van der Waals surface area contributed by atoms with Gasteiger partial charge in [-0.25, -0.2) is 4.21 Å². The van der Waals surface area contributed by atoms with Gasteiger partial charge in [0.15, 0.2) is 0 Å². The van der Waals surface area contributed by atoms with Crippen molar-refractivity contribution in [3.8, 4) is 0 Å². The Morgan fingerprint density at radius 2 is 2.06 bits per heavy atom. The number of hydrogen-bond acceptors (Lipinski definition) is 2. The van der Waals surface area contributed by atoms with E-state index >= 15 is 0 Å². The van der Waals surface area contributed by atoms with Gasteiger partial charge in [0, 0.05) is 9.80 Å². The smallest absolute Gasteiger partial charge is 0.0809 e. The molecule has 0 saturated carbocycles. The fraction of sp³-hybridized carbons (Fsp3) is 0.286. The van der Waals surface area contributed by atoms with E-state index in [-0.39, 0.29) is 0 Å². The quantitative estimate of drug-likeness (QED) is 0.816. The van der Waals surface area contributed by atoms with Crippen LogP contribution in [0.3, 0.4) is 0 Å². The van der Waals surface area contributed by atoms with Crippen LogP contribution >= 0.6 is 0 Å². The van der Waals surface area contributed by atoms with Crippen LogP contribution in [-0.4, -0.2) is 15.4 Å².